The molecular formula is C32H27ClN2. The minimum absolute atomic E-state index is 0.726. The first-order valence-electron chi connectivity index (χ1n) is 11.7. The van der Waals surface area contributed by atoms with Crippen molar-refractivity contribution < 1.29 is 0 Å². The van der Waals surface area contributed by atoms with Crippen LogP contribution < -0.4 is 9.80 Å². The van der Waals surface area contributed by atoms with Crippen LogP contribution >= 0.6 is 11.6 Å². The largest absolute Gasteiger partial charge is 0.310 e. The summed E-state index contributed by atoms with van der Waals surface area (Å²) in [7, 11) is 0. The third kappa shape index (κ3) is 5.08. The Morgan fingerprint density at radius 2 is 0.743 bits per heavy atom. The molecule has 5 aromatic carbocycles. The first-order valence-corrected chi connectivity index (χ1v) is 12.1. The van der Waals surface area contributed by atoms with Crippen LogP contribution in [-0.2, 0) is 0 Å². The van der Waals surface area contributed by atoms with Gasteiger partial charge in [-0.1, -0.05) is 66.2 Å². The molecule has 0 saturated carbocycles. The van der Waals surface area contributed by atoms with Crippen molar-refractivity contribution in [3.05, 3.63) is 144 Å². The van der Waals surface area contributed by atoms with Gasteiger partial charge in [-0.25, -0.2) is 0 Å². The summed E-state index contributed by atoms with van der Waals surface area (Å²) in [6.45, 7) is 4.22. The van der Waals surface area contributed by atoms with E-state index in [1.807, 2.05) is 30.3 Å². The average Bonchev–Trinajstić information content (AvgIpc) is 2.86. The second-order valence-electron chi connectivity index (χ2n) is 8.69. The Balaban J connectivity index is 1.71. The number of hydrogen-bond acceptors (Lipinski definition) is 2. The Morgan fingerprint density at radius 1 is 0.400 bits per heavy atom. The summed E-state index contributed by atoms with van der Waals surface area (Å²) in [5.74, 6) is 0. The fourth-order valence-corrected chi connectivity index (χ4v) is 4.76. The molecule has 5 aromatic rings. The second-order valence-corrected chi connectivity index (χ2v) is 9.13. The minimum Gasteiger partial charge on any atom is -0.310 e. The molecule has 0 fully saturated rings. The van der Waals surface area contributed by atoms with E-state index in [0.29, 0.717) is 0 Å². The molecule has 0 aromatic heterocycles. The zero-order valence-corrected chi connectivity index (χ0v) is 20.7. The molecule has 3 heteroatoms. The van der Waals surface area contributed by atoms with E-state index in [1.165, 1.54) is 5.56 Å². The molecule has 0 aliphatic carbocycles. The van der Waals surface area contributed by atoms with Crippen molar-refractivity contribution in [2.24, 2.45) is 0 Å². The van der Waals surface area contributed by atoms with Gasteiger partial charge in [-0.3, -0.25) is 0 Å². The smallest absolute Gasteiger partial charge is 0.0485 e. The van der Waals surface area contributed by atoms with Crippen LogP contribution in [0.2, 0.25) is 5.02 Å². The number of rotatable bonds is 6. The van der Waals surface area contributed by atoms with Gasteiger partial charge in [0.25, 0.3) is 0 Å². The molecule has 0 saturated heterocycles. The van der Waals surface area contributed by atoms with Gasteiger partial charge in [0.15, 0.2) is 0 Å². The Labute approximate surface area is 212 Å². The molecule has 0 atom stereocenters. The van der Waals surface area contributed by atoms with Crippen molar-refractivity contribution in [1.29, 1.82) is 0 Å². The quantitative estimate of drug-likeness (QED) is 0.241. The van der Waals surface area contributed by atoms with Gasteiger partial charge < -0.3 is 9.80 Å². The molecule has 0 spiro atoms. The summed E-state index contributed by atoms with van der Waals surface area (Å²) in [4.78, 5) is 4.56. The highest BCUT2D eigenvalue weighted by Crippen LogP contribution is 2.41. The third-order valence-corrected chi connectivity index (χ3v) is 6.11. The number of anilines is 6. The van der Waals surface area contributed by atoms with Crippen LogP contribution in [0.15, 0.2) is 127 Å². The lowest BCUT2D eigenvalue weighted by atomic mass is 10.1. The average molecular weight is 475 g/mol. The summed E-state index contributed by atoms with van der Waals surface area (Å²) in [6.07, 6.45) is 0. The van der Waals surface area contributed by atoms with E-state index in [9.17, 15) is 0 Å². The van der Waals surface area contributed by atoms with E-state index in [-0.39, 0.29) is 0 Å². The first kappa shape index (κ1) is 22.8. The molecule has 0 aliphatic heterocycles. The predicted octanol–water partition coefficient (Wildman–Crippen LogP) is 9.90. The lowest BCUT2D eigenvalue weighted by Gasteiger charge is -2.30. The van der Waals surface area contributed by atoms with E-state index < -0.39 is 0 Å². The number of para-hydroxylation sites is 3. The van der Waals surface area contributed by atoms with Crippen molar-refractivity contribution in [1.82, 2.24) is 0 Å². The number of aryl methyl sites for hydroxylation is 2. The fraction of sp³-hybridized carbons (Fsp3) is 0.0625. The van der Waals surface area contributed by atoms with Crippen LogP contribution in [0.1, 0.15) is 11.1 Å². The molecule has 0 N–H and O–H groups in total. The molecule has 0 radical (unpaired) electrons. The maximum absolute atomic E-state index is 6.51. The topological polar surface area (TPSA) is 6.48 Å². The zero-order chi connectivity index (χ0) is 24.2. The molecule has 0 unspecified atom stereocenters. The van der Waals surface area contributed by atoms with Gasteiger partial charge in [0.2, 0.25) is 0 Å². The van der Waals surface area contributed by atoms with E-state index in [0.717, 1.165) is 44.7 Å². The predicted molar refractivity (Wildman–Crippen MR) is 150 cm³/mol. The molecular weight excluding hydrogens is 448 g/mol. The zero-order valence-electron chi connectivity index (χ0n) is 19.9. The molecule has 0 amide bonds. The molecule has 5 rings (SSSR count). The Hall–Kier alpha value is -4.01. The number of nitrogens with zero attached hydrogens (tertiary/aromatic N) is 2. The van der Waals surface area contributed by atoms with Gasteiger partial charge in [0.05, 0.1) is 0 Å². The molecule has 35 heavy (non-hydrogen) atoms. The van der Waals surface area contributed by atoms with Gasteiger partial charge >= 0.3 is 0 Å². The van der Waals surface area contributed by atoms with E-state index in [4.69, 9.17) is 11.6 Å². The maximum atomic E-state index is 6.51. The van der Waals surface area contributed by atoms with E-state index >= 15 is 0 Å². The van der Waals surface area contributed by atoms with Gasteiger partial charge in [0, 0.05) is 39.1 Å². The number of benzene rings is 5. The van der Waals surface area contributed by atoms with Crippen LogP contribution in [-0.4, -0.2) is 0 Å². The normalized spacial score (nSPS) is 10.7. The highest BCUT2D eigenvalue weighted by atomic mass is 35.5. The summed E-state index contributed by atoms with van der Waals surface area (Å²) in [5.41, 5.74) is 8.80. The molecule has 0 aliphatic rings. The highest BCUT2D eigenvalue weighted by molar-refractivity contribution is 6.31. The second kappa shape index (κ2) is 10.1. The lowest BCUT2D eigenvalue weighted by molar-refractivity contribution is 1.23. The summed E-state index contributed by atoms with van der Waals surface area (Å²) in [5, 5.41) is 0.726. The highest BCUT2D eigenvalue weighted by Gasteiger charge is 2.18. The molecule has 0 bridgehead atoms. The summed E-state index contributed by atoms with van der Waals surface area (Å²) < 4.78 is 0. The first-order chi connectivity index (χ1) is 17.1. The standard InChI is InChI=1S/C32H27ClN2/c1-24-18-26(33)22-30(19-24)35(29-16-10-5-11-17-29)32-21-25(2)20-31(23-32)34(27-12-6-3-7-13-27)28-14-8-4-9-15-28/h3-23H,1-2H3. The van der Waals surface area contributed by atoms with Crippen molar-refractivity contribution in [3.8, 4) is 0 Å². The van der Waals surface area contributed by atoms with Crippen LogP contribution in [0.3, 0.4) is 0 Å². The van der Waals surface area contributed by atoms with Crippen molar-refractivity contribution in [2.45, 2.75) is 13.8 Å². The Bertz CT molecular complexity index is 1360. The Morgan fingerprint density at radius 3 is 1.14 bits per heavy atom. The third-order valence-electron chi connectivity index (χ3n) is 5.89. The van der Waals surface area contributed by atoms with Crippen molar-refractivity contribution in [2.75, 3.05) is 9.80 Å². The molecule has 0 heterocycles. The summed E-state index contributed by atoms with van der Waals surface area (Å²) in [6, 6.07) is 44.3. The van der Waals surface area contributed by atoms with Gasteiger partial charge in [0.1, 0.15) is 0 Å². The van der Waals surface area contributed by atoms with Gasteiger partial charge in [-0.2, -0.15) is 0 Å². The van der Waals surface area contributed by atoms with Crippen LogP contribution in [0.4, 0.5) is 34.1 Å². The maximum Gasteiger partial charge on any atom is 0.0485 e. The van der Waals surface area contributed by atoms with Crippen LogP contribution in [0.25, 0.3) is 0 Å². The Kier molecular flexibility index (Phi) is 6.56. The number of hydrogen-bond donors (Lipinski definition) is 0. The SMILES string of the molecule is Cc1cc(Cl)cc(N(c2ccccc2)c2cc(C)cc(N(c3ccccc3)c3ccccc3)c2)c1. The van der Waals surface area contributed by atoms with Crippen LogP contribution in [0.5, 0.6) is 0 Å². The molecule has 2 nitrogen and oxygen atoms in total. The fourth-order valence-electron chi connectivity index (χ4n) is 4.47. The number of halogens is 1. The van der Waals surface area contributed by atoms with E-state index in [1.54, 1.807) is 0 Å². The minimum atomic E-state index is 0.726. The van der Waals surface area contributed by atoms with Gasteiger partial charge in [-0.15, -0.1) is 0 Å². The van der Waals surface area contributed by atoms with E-state index in [2.05, 4.69) is 121 Å². The van der Waals surface area contributed by atoms with Gasteiger partial charge in [-0.05, 0) is 97.8 Å². The summed E-state index contributed by atoms with van der Waals surface area (Å²) >= 11 is 6.51. The monoisotopic (exact) mass is 474 g/mol. The van der Waals surface area contributed by atoms with Crippen molar-refractivity contribution in [3.63, 3.8) is 0 Å². The van der Waals surface area contributed by atoms with Crippen LogP contribution in [0, 0.1) is 13.8 Å². The molecule has 172 valence electrons. The van der Waals surface area contributed by atoms with Crippen molar-refractivity contribution >= 4 is 45.7 Å². The lowest BCUT2D eigenvalue weighted by Crippen LogP contribution is -2.13.